The van der Waals surface area contributed by atoms with E-state index in [9.17, 15) is 4.79 Å². The molecule has 0 saturated carbocycles. The first-order chi connectivity index (χ1) is 16.2. The fourth-order valence-corrected chi connectivity index (χ4v) is 4.27. The third kappa shape index (κ3) is 3.97. The van der Waals surface area contributed by atoms with E-state index in [2.05, 4.69) is 25.4 Å². The van der Waals surface area contributed by atoms with E-state index in [0.29, 0.717) is 36.1 Å². The van der Waals surface area contributed by atoms with Crippen molar-refractivity contribution in [2.75, 3.05) is 13.2 Å². The third-order valence-electron chi connectivity index (χ3n) is 5.79. The minimum absolute atomic E-state index is 0.0684. The predicted octanol–water partition coefficient (Wildman–Crippen LogP) is 3.74. The molecule has 1 fully saturated rings. The molecule has 168 valence electrons. The number of amides is 1. The number of aromatic amines is 1. The lowest BCUT2D eigenvalue weighted by atomic mass is 10.1. The first kappa shape index (κ1) is 20.9. The highest BCUT2D eigenvalue weighted by Gasteiger charge is 2.34. The Morgan fingerprint density at radius 1 is 1.15 bits per heavy atom. The van der Waals surface area contributed by atoms with Gasteiger partial charge in [0.25, 0.3) is 5.91 Å². The number of ether oxygens (including phenoxy) is 1. The lowest BCUT2D eigenvalue weighted by Gasteiger charge is -2.24. The molecule has 9 heteroatoms. The van der Waals surface area contributed by atoms with Crippen LogP contribution in [0.25, 0.3) is 17.1 Å². The summed E-state index contributed by atoms with van der Waals surface area (Å²) in [7, 11) is 0. The van der Waals surface area contributed by atoms with Crippen LogP contribution in [-0.4, -0.2) is 54.1 Å². The summed E-state index contributed by atoms with van der Waals surface area (Å²) in [4.78, 5) is 20.4. The van der Waals surface area contributed by atoms with E-state index in [-0.39, 0.29) is 11.9 Å². The summed E-state index contributed by atoms with van der Waals surface area (Å²) in [5, 5.41) is 17.2. The highest BCUT2D eigenvalue weighted by atomic mass is 16.5. The zero-order valence-electron chi connectivity index (χ0n) is 18.6. The summed E-state index contributed by atoms with van der Waals surface area (Å²) < 4.78 is 5.74. The summed E-state index contributed by atoms with van der Waals surface area (Å²) in [5.74, 6) is 1.98. The SMILES string of the molecule is CCOc1ccccc1-c1nnc([C@@H]2CCCN2C(=O)c2cc(C)ccc2-n2nccn2)[nH]1. The largest absolute Gasteiger partial charge is 0.493 e. The highest BCUT2D eigenvalue weighted by molar-refractivity contribution is 5.98. The maximum absolute atomic E-state index is 13.7. The van der Waals surface area contributed by atoms with Crippen LogP contribution in [0.1, 0.15) is 47.6 Å². The van der Waals surface area contributed by atoms with Gasteiger partial charge in [0.2, 0.25) is 0 Å². The molecule has 2 aromatic carbocycles. The van der Waals surface area contributed by atoms with Crippen LogP contribution in [0.15, 0.2) is 54.9 Å². The first-order valence-electron chi connectivity index (χ1n) is 11.1. The zero-order chi connectivity index (χ0) is 22.8. The van der Waals surface area contributed by atoms with Crippen LogP contribution < -0.4 is 4.74 Å². The molecule has 1 N–H and O–H groups in total. The van der Waals surface area contributed by atoms with Gasteiger partial charge in [-0.3, -0.25) is 4.79 Å². The third-order valence-corrected chi connectivity index (χ3v) is 5.79. The van der Waals surface area contributed by atoms with Gasteiger partial charge in [0.05, 0.1) is 41.9 Å². The van der Waals surface area contributed by atoms with Gasteiger partial charge in [-0.25, -0.2) is 0 Å². The molecular formula is C24H25N7O2. The van der Waals surface area contributed by atoms with E-state index in [0.717, 1.165) is 29.7 Å². The average Bonchev–Trinajstić information content (AvgIpc) is 3.60. The number of carbonyl (C=O) groups excluding carboxylic acids is 1. The van der Waals surface area contributed by atoms with Crippen molar-refractivity contribution in [1.29, 1.82) is 0 Å². The van der Waals surface area contributed by atoms with Gasteiger partial charge in [0.1, 0.15) is 5.75 Å². The summed E-state index contributed by atoms with van der Waals surface area (Å²) in [6, 6.07) is 13.3. The first-order valence-corrected chi connectivity index (χ1v) is 11.1. The van der Waals surface area contributed by atoms with Crippen molar-refractivity contribution in [2.45, 2.75) is 32.7 Å². The monoisotopic (exact) mass is 443 g/mol. The number of aryl methyl sites for hydroxylation is 1. The van der Waals surface area contributed by atoms with Crippen molar-refractivity contribution in [2.24, 2.45) is 0 Å². The number of rotatable bonds is 6. The number of nitrogens with zero attached hydrogens (tertiary/aromatic N) is 6. The van der Waals surface area contributed by atoms with E-state index in [1.165, 1.54) is 4.80 Å². The standard InChI is InChI=1S/C24H25N7O2/c1-3-33-21-9-5-4-7-17(21)22-27-23(29-28-22)20-8-6-14-30(20)24(32)18-15-16(2)10-11-19(18)31-25-12-13-26-31/h4-5,7,9-13,15,20H,3,6,8,14H2,1-2H3,(H,27,28,29)/t20-/m0/s1. The Bertz CT molecular complexity index is 1270. The molecule has 33 heavy (non-hydrogen) atoms. The number of para-hydroxylation sites is 1. The molecule has 0 bridgehead atoms. The van der Waals surface area contributed by atoms with Gasteiger partial charge in [-0.1, -0.05) is 23.8 Å². The van der Waals surface area contributed by atoms with Crippen LogP contribution in [0, 0.1) is 6.92 Å². The van der Waals surface area contributed by atoms with Crippen molar-refractivity contribution in [3.05, 3.63) is 71.8 Å². The average molecular weight is 444 g/mol. The Morgan fingerprint density at radius 3 is 2.79 bits per heavy atom. The molecule has 0 spiro atoms. The molecule has 1 aliphatic rings. The molecule has 4 aromatic rings. The topological polar surface area (TPSA) is 102 Å². The minimum atomic E-state index is -0.183. The Hall–Kier alpha value is -4.01. The zero-order valence-corrected chi connectivity index (χ0v) is 18.6. The molecular weight excluding hydrogens is 418 g/mol. The number of carbonyl (C=O) groups is 1. The van der Waals surface area contributed by atoms with Crippen molar-refractivity contribution in [1.82, 2.24) is 35.1 Å². The molecule has 9 nitrogen and oxygen atoms in total. The van der Waals surface area contributed by atoms with Gasteiger partial charge in [0.15, 0.2) is 11.6 Å². The van der Waals surface area contributed by atoms with Crippen LogP contribution in [-0.2, 0) is 0 Å². The summed E-state index contributed by atoms with van der Waals surface area (Å²) >= 11 is 0. The van der Waals surface area contributed by atoms with Crippen LogP contribution in [0.4, 0.5) is 0 Å². The van der Waals surface area contributed by atoms with E-state index in [4.69, 9.17) is 4.74 Å². The Labute approximate surface area is 191 Å². The van der Waals surface area contributed by atoms with Crippen LogP contribution in [0.3, 0.4) is 0 Å². The van der Waals surface area contributed by atoms with E-state index in [1.54, 1.807) is 12.4 Å². The molecule has 1 aliphatic heterocycles. The fourth-order valence-electron chi connectivity index (χ4n) is 4.27. The summed E-state index contributed by atoms with van der Waals surface area (Å²) in [6.07, 6.45) is 4.91. The predicted molar refractivity (Wildman–Crippen MR) is 122 cm³/mol. The Kier molecular flexibility index (Phi) is 5.60. The summed E-state index contributed by atoms with van der Waals surface area (Å²) in [5.41, 5.74) is 3.07. The lowest BCUT2D eigenvalue weighted by Crippen LogP contribution is -2.32. The van der Waals surface area contributed by atoms with E-state index in [1.807, 2.05) is 61.2 Å². The molecule has 0 unspecified atom stereocenters. The van der Waals surface area contributed by atoms with Gasteiger partial charge < -0.3 is 14.6 Å². The van der Waals surface area contributed by atoms with Gasteiger partial charge in [-0.15, -0.1) is 10.2 Å². The maximum Gasteiger partial charge on any atom is 0.256 e. The molecule has 5 rings (SSSR count). The number of nitrogens with one attached hydrogen (secondary N) is 1. The Balaban J connectivity index is 1.46. The van der Waals surface area contributed by atoms with Crippen LogP contribution in [0.2, 0.25) is 0 Å². The van der Waals surface area contributed by atoms with E-state index < -0.39 is 0 Å². The molecule has 3 heterocycles. The minimum Gasteiger partial charge on any atom is -0.493 e. The van der Waals surface area contributed by atoms with Crippen LogP contribution in [0.5, 0.6) is 5.75 Å². The molecule has 2 aromatic heterocycles. The van der Waals surface area contributed by atoms with Gasteiger partial charge in [-0.05, 0) is 51.0 Å². The second kappa shape index (κ2) is 8.85. The summed E-state index contributed by atoms with van der Waals surface area (Å²) in [6.45, 7) is 5.13. The van der Waals surface area contributed by atoms with Gasteiger partial charge in [0, 0.05) is 6.54 Å². The number of benzene rings is 2. The lowest BCUT2D eigenvalue weighted by molar-refractivity contribution is 0.0729. The normalized spacial score (nSPS) is 15.7. The number of hydrogen-bond acceptors (Lipinski definition) is 6. The van der Waals surface area contributed by atoms with Crippen molar-refractivity contribution < 1.29 is 9.53 Å². The van der Waals surface area contributed by atoms with Crippen LogP contribution >= 0.6 is 0 Å². The molecule has 0 radical (unpaired) electrons. The molecule has 1 atom stereocenters. The second-order valence-corrected chi connectivity index (χ2v) is 7.98. The van der Waals surface area contributed by atoms with E-state index >= 15 is 0 Å². The van der Waals surface area contributed by atoms with Crippen molar-refractivity contribution in [3.63, 3.8) is 0 Å². The number of aromatic nitrogens is 6. The Morgan fingerprint density at radius 2 is 1.97 bits per heavy atom. The smallest absolute Gasteiger partial charge is 0.256 e. The van der Waals surface area contributed by atoms with Gasteiger partial charge in [-0.2, -0.15) is 15.0 Å². The quantitative estimate of drug-likeness (QED) is 0.487. The van der Waals surface area contributed by atoms with Gasteiger partial charge >= 0.3 is 0 Å². The van der Waals surface area contributed by atoms with Crippen molar-refractivity contribution >= 4 is 5.91 Å². The maximum atomic E-state index is 13.7. The second-order valence-electron chi connectivity index (χ2n) is 7.98. The number of likely N-dealkylation sites (tertiary alicyclic amines) is 1. The fraction of sp³-hybridized carbons (Fsp3) is 0.292. The highest BCUT2D eigenvalue weighted by Crippen LogP contribution is 2.34. The molecule has 1 saturated heterocycles. The molecule has 0 aliphatic carbocycles. The molecule has 1 amide bonds. The van der Waals surface area contributed by atoms with Crippen molar-refractivity contribution in [3.8, 4) is 22.8 Å². The number of H-pyrrole nitrogens is 1. The number of hydrogen-bond donors (Lipinski definition) is 1.